The molecule has 0 radical (unpaired) electrons. The van der Waals surface area contributed by atoms with Gasteiger partial charge in [0, 0.05) is 10.6 Å². The zero-order valence-corrected chi connectivity index (χ0v) is 9.77. The van der Waals surface area contributed by atoms with Crippen LogP contribution in [0.3, 0.4) is 0 Å². The Balaban J connectivity index is 2.48. The van der Waals surface area contributed by atoms with Gasteiger partial charge in [-0.05, 0) is 19.1 Å². The number of hydrogen-bond donors (Lipinski definition) is 1. The second kappa shape index (κ2) is 4.31. The lowest BCUT2D eigenvalue weighted by Crippen LogP contribution is -1.84. The molecule has 4 heteroatoms. The van der Waals surface area contributed by atoms with Gasteiger partial charge in [-0.15, -0.1) is 11.3 Å². The lowest BCUT2D eigenvalue weighted by molar-refractivity contribution is 0.286. The van der Waals surface area contributed by atoms with E-state index in [0.717, 1.165) is 21.1 Å². The molecule has 0 aliphatic rings. The van der Waals surface area contributed by atoms with Gasteiger partial charge < -0.3 is 5.11 Å². The van der Waals surface area contributed by atoms with E-state index in [1.807, 2.05) is 31.2 Å². The quantitative estimate of drug-likeness (QED) is 0.873. The van der Waals surface area contributed by atoms with Crippen molar-refractivity contribution in [3.8, 4) is 11.3 Å². The van der Waals surface area contributed by atoms with Gasteiger partial charge in [-0.2, -0.15) is 0 Å². The van der Waals surface area contributed by atoms with Crippen molar-refractivity contribution in [1.82, 2.24) is 4.98 Å². The van der Waals surface area contributed by atoms with E-state index in [2.05, 4.69) is 4.98 Å². The highest BCUT2D eigenvalue weighted by Crippen LogP contribution is 2.28. The third-order valence-corrected chi connectivity index (χ3v) is 3.27. The molecule has 0 aliphatic carbocycles. The number of rotatable bonds is 2. The smallest absolute Gasteiger partial charge is 0.0905 e. The Bertz CT molecular complexity index is 464. The first-order valence-electron chi connectivity index (χ1n) is 4.54. The van der Waals surface area contributed by atoms with E-state index in [1.165, 1.54) is 11.3 Å². The Labute approximate surface area is 97.2 Å². The van der Waals surface area contributed by atoms with Gasteiger partial charge in [0.25, 0.3) is 0 Å². The number of aryl methyl sites for hydroxylation is 1. The van der Waals surface area contributed by atoms with Crippen LogP contribution < -0.4 is 0 Å². The number of aliphatic hydroxyl groups excluding tert-OH is 1. The van der Waals surface area contributed by atoms with E-state index in [-0.39, 0.29) is 6.61 Å². The number of halogens is 1. The molecular formula is C11H10ClNOS. The number of thiazole rings is 1. The first-order valence-corrected chi connectivity index (χ1v) is 5.73. The highest BCUT2D eigenvalue weighted by atomic mass is 35.5. The Kier molecular flexibility index (Phi) is 3.05. The molecule has 2 rings (SSSR count). The number of aromatic nitrogens is 1. The van der Waals surface area contributed by atoms with Crippen LogP contribution in [-0.2, 0) is 6.61 Å². The van der Waals surface area contributed by atoms with Crippen LogP contribution in [0.15, 0.2) is 24.3 Å². The Morgan fingerprint density at radius 2 is 2.00 bits per heavy atom. The van der Waals surface area contributed by atoms with Crippen LogP contribution >= 0.6 is 22.9 Å². The Hall–Kier alpha value is -0.900. The topological polar surface area (TPSA) is 33.1 Å². The second-order valence-electron chi connectivity index (χ2n) is 3.17. The third-order valence-electron chi connectivity index (χ3n) is 2.07. The number of nitrogens with zero attached hydrogens (tertiary/aromatic N) is 1. The van der Waals surface area contributed by atoms with Crippen LogP contribution in [0.5, 0.6) is 0 Å². The highest BCUT2D eigenvalue weighted by molar-refractivity contribution is 7.12. The van der Waals surface area contributed by atoms with Crippen molar-refractivity contribution in [1.29, 1.82) is 0 Å². The Morgan fingerprint density at radius 1 is 1.33 bits per heavy atom. The molecule has 78 valence electrons. The zero-order valence-electron chi connectivity index (χ0n) is 8.20. The lowest BCUT2D eigenvalue weighted by atomic mass is 10.1. The molecule has 0 fully saturated rings. The van der Waals surface area contributed by atoms with E-state index >= 15 is 0 Å². The fourth-order valence-electron chi connectivity index (χ4n) is 1.41. The van der Waals surface area contributed by atoms with Gasteiger partial charge in [-0.25, -0.2) is 4.98 Å². The van der Waals surface area contributed by atoms with Crippen molar-refractivity contribution < 1.29 is 5.11 Å². The summed E-state index contributed by atoms with van der Waals surface area (Å²) in [5.41, 5.74) is 1.85. The Morgan fingerprint density at radius 3 is 2.60 bits per heavy atom. The van der Waals surface area contributed by atoms with Crippen molar-refractivity contribution in [3.05, 3.63) is 39.2 Å². The van der Waals surface area contributed by atoms with Crippen molar-refractivity contribution >= 4 is 22.9 Å². The SMILES string of the molecule is Cc1nc(-c2ccc(Cl)cc2)c(CO)s1. The monoisotopic (exact) mass is 239 g/mol. The van der Waals surface area contributed by atoms with E-state index in [4.69, 9.17) is 11.6 Å². The number of benzene rings is 1. The molecule has 0 atom stereocenters. The fourth-order valence-corrected chi connectivity index (χ4v) is 2.35. The van der Waals surface area contributed by atoms with Crippen molar-refractivity contribution in [2.45, 2.75) is 13.5 Å². The molecule has 2 aromatic rings. The summed E-state index contributed by atoms with van der Waals surface area (Å²) in [4.78, 5) is 5.29. The van der Waals surface area contributed by atoms with Crippen LogP contribution in [0.1, 0.15) is 9.88 Å². The van der Waals surface area contributed by atoms with Gasteiger partial charge in [-0.1, -0.05) is 23.7 Å². The van der Waals surface area contributed by atoms with Gasteiger partial charge in [0.2, 0.25) is 0 Å². The van der Waals surface area contributed by atoms with Crippen molar-refractivity contribution in [2.24, 2.45) is 0 Å². The van der Waals surface area contributed by atoms with Crippen LogP contribution in [-0.4, -0.2) is 10.1 Å². The molecule has 2 nitrogen and oxygen atoms in total. The highest BCUT2D eigenvalue weighted by Gasteiger charge is 2.09. The van der Waals surface area contributed by atoms with Crippen LogP contribution in [0, 0.1) is 6.92 Å². The minimum absolute atomic E-state index is 0.0312. The predicted molar refractivity (Wildman–Crippen MR) is 63.2 cm³/mol. The maximum atomic E-state index is 9.19. The molecular weight excluding hydrogens is 230 g/mol. The summed E-state index contributed by atoms with van der Waals surface area (Å²) in [5.74, 6) is 0. The van der Waals surface area contributed by atoms with Gasteiger partial charge in [0.15, 0.2) is 0 Å². The molecule has 0 amide bonds. The third kappa shape index (κ3) is 2.20. The molecule has 1 N–H and O–H groups in total. The summed E-state index contributed by atoms with van der Waals surface area (Å²) in [6, 6.07) is 7.48. The summed E-state index contributed by atoms with van der Waals surface area (Å²) >= 11 is 7.33. The molecule has 1 aromatic carbocycles. The molecule has 0 saturated carbocycles. The molecule has 0 spiro atoms. The van der Waals surface area contributed by atoms with Crippen LogP contribution in [0.25, 0.3) is 11.3 Å². The molecule has 15 heavy (non-hydrogen) atoms. The average molecular weight is 240 g/mol. The predicted octanol–water partition coefficient (Wildman–Crippen LogP) is 3.26. The van der Waals surface area contributed by atoms with E-state index < -0.39 is 0 Å². The van der Waals surface area contributed by atoms with Gasteiger partial charge >= 0.3 is 0 Å². The summed E-state index contributed by atoms with van der Waals surface area (Å²) in [6.07, 6.45) is 0. The van der Waals surface area contributed by atoms with Crippen LogP contribution in [0.4, 0.5) is 0 Å². The number of hydrogen-bond acceptors (Lipinski definition) is 3. The first kappa shape index (κ1) is 10.6. The fraction of sp³-hybridized carbons (Fsp3) is 0.182. The average Bonchev–Trinajstić information content (AvgIpc) is 2.61. The summed E-state index contributed by atoms with van der Waals surface area (Å²) in [6.45, 7) is 1.96. The minimum Gasteiger partial charge on any atom is -0.391 e. The molecule has 0 bridgehead atoms. The van der Waals surface area contributed by atoms with Gasteiger partial charge in [0.05, 0.1) is 22.2 Å². The summed E-state index contributed by atoms with van der Waals surface area (Å²) in [5, 5.41) is 10.9. The molecule has 1 aromatic heterocycles. The summed E-state index contributed by atoms with van der Waals surface area (Å²) in [7, 11) is 0. The maximum Gasteiger partial charge on any atom is 0.0905 e. The normalized spacial score (nSPS) is 10.6. The molecule has 1 heterocycles. The number of aliphatic hydroxyl groups is 1. The van der Waals surface area contributed by atoms with Gasteiger partial charge in [-0.3, -0.25) is 0 Å². The standard InChI is InChI=1S/C11H10ClNOS/c1-7-13-11(10(6-14)15-7)8-2-4-9(12)5-3-8/h2-5,14H,6H2,1H3. The first-order chi connectivity index (χ1) is 7.20. The van der Waals surface area contributed by atoms with E-state index in [9.17, 15) is 5.11 Å². The molecule has 0 aliphatic heterocycles. The van der Waals surface area contributed by atoms with Crippen molar-refractivity contribution in [3.63, 3.8) is 0 Å². The lowest BCUT2D eigenvalue weighted by Gasteiger charge is -1.99. The van der Waals surface area contributed by atoms with Crippen LogP contribution in [0.2, 0.25) is 5.02 Å². The molecule has 0 unspecified atom stereocenters. The largest absolute Gasteiger partial charge is 0.391 e. The van der Waals surface area contributed by atoms with Gasteiger partial charge in [0.1, 0.15) is 0 Å². The molecule has 0 saturated heterocycles. The second-order valence-corrected chi connectivity index (χ2v) is 4.89. The van der Waals surface area contributed by atoms with Crippen molar-refractivity contribution in [2.75, 3.05) is 0 Å². The van der Waals surface area contributed by atoms with E-state index in [0.29, 0.717) is 5.02 Å². The zero-order chi connectivity index (χ0) is 10.8. The minimum atomic E-state index is 0.0312. The maximum absolute atomic E-state index is 9.19. The van der Waals surface area contributed by atoms with E-state index in [1.54, 1.807) is 0 Å². The summed E-state index contributed by atoms with van der Waals surface area (Å²) < 4.78 is 0.